The van der Waals surface area contributed by atoms with Crippen molar-refractivity contribution >= 4 is 149 Å². The molecule has 0 saturated carbocycles. The normalized spacial score (nSPS) is 11.3. The minimum absolute atomic E-state index is 0.857. The van der Waals surface area contributed by atoms with E-state index in [1.165, 1.54) is 88.0 Å². The molecule has 3 heterocycles. The molecule has 0 atom stereocenters. The standard InChI is InChI=1S/3C46H31NO/c1-4-14-32(15-5-1)35-19-12-20-36(30-35)33-26-28-39(29-27-33)47(38-21-8-3-9-22-38)43-25-13-24-41-44-40-23-11-10-18-37(40)31-42(46(44)48-45(41)43)34-16-6-2-7-17-34;1-4-15-32(16-5-1)33-27-29-37(30-28-33)47(42-25-13-12-22-38(42)34-17-6-2-7-18-34)43-26-14-24-40-44-39-23-11-10-21-36(39)31-41(46(44)48-45(40)43)35-19-8-3-9-20-35;1-4-13-32(14-5-1)33-23-25-34(26-24-33)35-27-29-39(30-28-35)47(38-18-8-3-9-19-38)43-22-12-21-41-44-40-20-11-10-17-37(40)31-42(46(44)48-45(41)43)36-15-6-2-7-16-36/h3*1-31H. The van der Waals surface area contributed by atoms with E-state index >= 15 is 0 Å². The summed E-state index contributed by atoms with van der Waals surface area (Å²) < 4.78 is 21.1. The highest BCUT2D eigenvalue weighted by Gasteiger charge is 2.29. The fourth-order valence-corrected chi connectivity index (χ4v) is 20.9. The van der Waals surface area contributed by atoms with E-state index in [1.54, 1.807) is 0 Å². The predicted molar refractivity (Wildman–Crippen MR) is 607 cm³/mol. The summed E-state index contributed by atoms with van der Waals surface area (Å²) in [7, 11) is 0. The molecule has 144 heavy (non-hydrogen) atoms. The summed E-state index contributed by atoms with van der Waals surface area (Å²) in [5.41, 5.74) is 35.6. The number of para-hydroxylation sites is 6. The highest BCUT2D eigenvalue weighted by Crippen LogP contribution is 2.53. The van der Waals surface area contributed by atoms with Crippen molar-refractivity contribution in [1.82, 2.24) is 0 Å². The van der Waals surface area contributed by atoms with Crippen molar-refractivity contribution in [3.05, 3.63) is 564 Å². The van der Waals surface area contributed by atoms with Gasteiger partial charge in [-0.1, -0.05) is 455 Å². The number of hydrogen-bond acceptors (Lipinski definition) is 6. The van der Waals surface area contributed by atoms with E-state index in [0.717, 1.165) is 162 Å². The largest absolute Gasteiger partial charge is 0.453 e. The van der Waals surface area contributed by atoms with E-state index < -0.39 is 0 Å². The van der Waals surface area contributed by atoms with Crippen LogP contribution in [0.15, 0.2) is 577 Å². The second kappa shape index (κ2) is 38.3. The summed E-state index contributed by atoms with van der Waals surface area (Å²) in [6.45, 7) is 0. The third-order valence-corrected chi connectivity index (χ3v) is 27.8. The fraction of sp³-hybridized carbons (Fsp3) is 0. The SMILES string of the molecule is c1ccc(-c2ccc(-c3ccc(N(c4ccccc4)c4cccc5c4oc4c(-c6ccccc6)cc6ccccc6c45)cc3)cc2)cc1.c1ccc(-c2ccc(N(c3ccccc3-c3ccccc3)c3cccc4c3oc3c(-c5ccccc5)cc5ccccc5c34)cc2)cc1.c1ccc(-c2cccc(-c3ccc(N(c4ccccc4)c4cccc5c4oc4c(-c6ccccc6)cc6ccccc6c45)cc3)c2)cc1. The Morgan fingerprint density at radius 1 is 0.118 bits per heavy atom. The first kappa shape index (κ1) is 86.4. The van der Waals surface area contributed by atoms with Gasteiger partial charge in [-0.3, -0.25) is 0 Å². The van der Waals surface area contributed by atoms with Crippen LogP contribution >= 0.6 is 0 Å². The van der Waals surface area contributed by atoms with Crippen LogP contribution in [0.5, 0.6) is 0 Å². The van der Waals surface area contributed by atoms with Gasteiger partial charge in [-0.15, -0.1) is 0 Å². The average molecular weight is 1840 g/mol. The number of furan rings is 3. The Morgan fingerprint density at radius 3 is 0.660 bits per heavy atom. The van der Waals surface area contributed by atoms with E-state index in [1.807, 2.05) is 0 Å². The van der Waals surface area contributed by atoms with E-state index in [2.05, 4.69) is 579 Å². The van der Waals surface area contributed by atoms with Gasteiger partial charge in [-0.05, 0) is 219 Å². The molecule has 6 heteroatoms. The summed E-state index contributed by atoms with van der Waals surface area (Å²) in [5, 5.41) is 13.9. The molecular weight excluding hydrogens is 1750 g/mol. The summed E-state index contributed by atoms with van der Waals surface area (Å²) in [6, 6.07) is 200. The Kier molecular flexibility index (Phi) is 23.0. The van der Waals surface area contributed by atoms with Crippen molar-refractivity contribution in [3.63, 3.8) is 0 Å². The minimum Gasteiger partial charge on any atom is -0.453 e. The molecule has 0 aliphatic rings. The van der Waals surface area contributed by atoms with Gasteiger partial charge in [0.05, 0.1) is 22.7 Å². The lowest BCUT2D eigenvalue weighted by molar-refractivity contribution is 0.670. The lowest BCUT2D eigenvalue weighted by atomic mass is 9.96. The van der Waals surface area contributed by atoms with Crippen LogP contribution in [0.4, 0.5) is 51.2 Å². The summed E-state index contributed by atoms with van der Waals surface area (Å²) in [5.74, 6) is 0. The molecule has 3 aromatic heterocycles. The maximum absolute atomic E-state index is 7.10. The maximum atomic E-state index is 7.10. The van der Waals surface area contributed by atoms with Crippen molar-refractivity contribution in [3.8, 4) is 100 Å². The minimum atomic E-state index is 0.857. The molecule has 0 aliphatic heterocycles. The number of rotatable bonds is 18. The number of anilines is 9. The Bertz CT molecular complexity index is 9310. The van der Waals surface area contributed by atoms with E-state index in [-0.39, 0.29) is 0 Å². The molecule has 24 aromatic carbocycles. The first-order valence-corrected chi connectivity index (χ1v) is 49.1. The molecule has 0 aliphatic carbocycles. The third-order valence-electron chi connectivity index (χ3n) is 27.8. The van der Waals surface area contributed by atoms with Crippen molar-refractivity contribution in [1.29, 1.82) is 0 Å². The first-order chi connectivity index (χ1) is 71.5. The zero-order valence-electron chi connectivity index (χ0n) is 78.8. The van der Waals surface area contributed by atoms with Crippen molar-refractivity contribution < 1.29 is 13.3 Å². The lowest BCUT2D eigenvalue weighted by Crippen LogP contribution is -2.11. The zero-order chi connectivity index (χ0) is 95.6. The van der Waals surface area contributed by atoms with Gasteiger partial charge < -0.3 is 28.0 Å². The van der Waals surface area contributed by atoms with E-state index in [9.17, 15) is 0 Å². The highest BCUT2D eigenvalue weighted by molar-refractivity contribution is 6.27. The van der Waals surface area contributed by atoms with Gasteiger partial charge in [0.1, 0.15) is 16.7 Å². The van der Waals surface area contributed by atoms with Crippen LogP contribution in [0.3, 0.4) is 0 Å². The molecule has 678 valence electrons. The Labute approximate surface area is 835 Å². The molecule has 0 radical (unpaired) electrons. The van der Waals surface area contributed by atoms with Gasteiger partial charge in [-0.25, -0.2) is 0 Å². The van der Waals surface area contributed by atoms with Gasteiger partial charge in [0, 0.05) is 83.0 Å². The smallest absolute Gasteiger partial charge is 0.159 e. The molecule has 27 rings (SSSR count). The number of nitrogens with zero attached hydrogens (tertiary/aromatic N) is 3. The number of hydrogen-bond donors (Lipinski definition) is 0. The molecule has 0 unspecified atom stereocenters. The van der Waals surface area contributed by atoms with Crippen molar-refractivity contribution in [2.24, 2.45) is 0 Å². The van der Waals surface area contributed by atoms with Crippen LogP contribution in [-0.2, 0) is 0 Å². The monoisotopic (exact) mass is 1840 g/mol. The van der Waals surface area contributed by atoms with Gasteiger partial charge in [0.15, 0.2) is 16.7 Å². The van der Waals surface area contributed by atoms with Crippen LogP contribution in [0.2, 0.25) is 0 Å². The summed E-state index contributed by atoms with van der Waals surface area (Å²) >= 11 is 0. The van der Waals surface area contributed by atoms with E-state index in [0.29, 0.717) is 0 Å². The fourth-order valence-electron chi connectivity index (χ4n) is 20.9. The molecule has 0 N–H and O–H groups in total. The first-order valence-electron chi connectivity index (χ1n) is 49.1. The highest BCUT2D eigenvalue weighted by atomic mass is 16.3. The second-order valence-electron chi connectivity index (χ2n) is 36.4. The van der Waals surface area contributed by atoms with Crippen LogP contribution in [0, 0.1) is 0 Å². The molecule has 27 aromatic rings. The Balaban J connectivity index is 0.000000113. The lowest BCUT2D eigenvalue weighted by Gasteiger charge is -2.28. The second-order valence-corrected chi connectivity index (χ2v) is 36.4. The molecule has 0 saturated heterocycles. The quantitative estimate of drug-likeness (QED) is 0.0853. The van der Waals surface area contributed by atoms with Crippen LogP contribution < -0.4 is 14.7 Å². The maximum Gasteiger partial charge on any atom is 0.159 e. The molecule has 0 fully saturated rings. The van der Waals surface area contributed by atoms with Gasteiger partial charge in [0.2, 0.25) is 0 Å². The van der Waals surface area contributed by atoms with E-state index in [4.69, 9.17) is 13.3 Å². The van der Waals surface area contributed by atoms with Gasteiger partial charge in [0.25, 0.3) is 0 Å². The number of fused-ring (bicyclic) bond motifs is 15. The van der Waals surface area contributed by atoms with Crippen LogP contribution in [-0.4, -0.2) is 0 Å². The Hall–Kier alpha value is -19.1. The van der Waals surface area contributed by atoms with Gasteiger partial charge in [-0.2, -0.15) is 0 Å². The zero-order valence-corrected chi connectivity index (χ0v) is 78.8. The summed E-state index contributed by atoms with van der Waals surface area (Å²) in [6.07, 6.45) is 0. The topological polar surface area (TPSA) is 49.1 Å². The Morgan fingerprint density at radius 2 is 0.326 bits per heavy atom. The molecule has 0 amide bonds. The van der Waals surface area contributed by atoms with Gasteiger partial charge >= 0.3 is 0 Å². The van der Waals surface area contributed by atoms with Crippen LogP contribution in [0.25, 0.3) is 198 Å². The predicted octanol–water partition coefficient (Wildman–Crippen LogP) is 39.6. The van der Waals surface area contributed by atoms with Crippen molar-refractivity contribution in [2.75, 3.05) is 14.7 Å². The van der Waals surface area contributed by atoms with Crippen LogP contribution in [0.1, 0.15) is 0 Å². The average Bonchev–Trinajstić information content (AvgIpc) is 1.58. The summed E-state index contributed by atoms with van der Waals surface area (Å²) in [4.78, 5) is 6.96. The third kappa shape index (κ3) is 16.5. The molecule has 6 nitrogen and oxygen atoms in total. The molecule has 0 spiro atoms. The molecule has 0 bridgehead atoms. The van der Waals surface area contributed by atoms with Crippen molar-refractivity contribution in [2.45, 2.75) is 0 Å². The number of benzene rings is 24. The molecular formula is C138H93N3O3.